The van der Waals surface area contributed by atoms with Crippen molar-refractivity contribution in [2.75, 3.05) is 5.73 Å². The maximum Gasteiger partial charge on any atom is 0.243 e. The van der Waals surface area contributed by atoms with Gasteiger partial charge in [0, 0.05) is 5.69 Å². The highest BCUT2D eigenvalue weighted by Crippen LogP contribution is 2.31. The van der Waals surface area contributed by atoms with Crippen LogP contribution in [0.25, 0.3) is 0 Å². The molecule has 0 bridgehead atoms. The molecule has 0 heterocycles. The van der Waals surface area contributed by atoms with Gasteiger partial charge < -0.3 is 16.4 Å². The van der Waals surface area contributed by atoms with Gasteiger partial charge in [-0.15, -0.1) is 0 Å². The second-order valence-corrected chi connectivity index (χ2v) is 7.48. The molecule has 0 radical (unpaired) electrons. The fraction of sp³-hybridized carbons (Fsp3) is 0.391. The van der Waals surface area contributed by atoms with Crippen molar-refractivity contribution in [3.8, 4) is 0 Å². The third-order valence-corrected chi connectivity index (χ3v) is 5.23. The minimum atomic E-state index is -0.514. The average Bonchev–Trinajstić information content (AvgIpc) is 2.68. The van der Waals surface area contributed by atoms with E-state index < -0.39 is 6.04 Å². The molecule has 1 aliphatic rings. The van der Waals surface area contributed by atoms with Crippen LogP contribution < -0.4 is 16.4 Å². The molecule has 2 amide bonds. The van der Waals surface area contributed by atoms with Crippen molar-refractivity contribution in [3.05, 3.63) is 65.2 Å². The SMILES string of the molecule is CCCC(NC(=O)Cc1ccccc1)C(=O)NC1CCCc2cc(N)ccc21. The largest absolute Gasteiger partial charge is 0.399 e. The lowest BCUT2D eigenvalue weighted by molar-refractivity contribution is -0.129. The van der Waals surface area contributed by atoms with E-state index in [-0.39, 0.29) is 24.3 Å². The first-order valence-corrected chi connectivity index (χ1v) is 10.1. The van der Waals surface area contributed by atoms with Gasteiger partial charge in [-0.05, 0) is 54.5 Å². The van der Waals surface area contributed by atoms with Gasteiger partial charge in [0.15, 0.2) is 0 Å². The number of hydrogen-bond acceptors (Lipinski definition) is 3. The van der Waals surface area contributed by atoms with Crippen LogP contribution >= 0.6 is 0 Å². The zero-order chi connectivity index (χ0) is 19.9. The Balaban J connectivity index is 1.64. The van der Waals surface area contributed by atoms with Crippen LogP contribution in [0, 0.1) is 0 Å². The lowest BCUT2D eigenvalue weighted by Gasteiger charge is -2.28. The first-order chi connectivity index (χ1) is 13.6. The van der Waals surface area contributed by atoms with E-state index in [9.17, 15) is 9.59 Å². The summed E-state index contributed by atoms with van der Waals surface area (Å²) in [5, 5.41) is 6.07. The Morgan fingerprint density at radius 1 is 1.18 bits per heavy atom. The summed E-state index contributed by atoms with van der Waals surface area (Å²) < 4.78 is 0. The average molecular weight is 380 g/mol. The fourth-order valence-corrected chi connectivity index (χ4v) is 3.84. The zero-order valence-corrected chi connectivity index (χ0v) is 16.4. The Bertz CT molecular complexity index is 820. The summed E-state index contributed by atoms with van der Waals surface area (Å²) in [5.41, 5.74) is 9.94. The van der Waals surface area contributed by atoms with Crippen molar-refractivity contribution in [2.24, 2.45) is 0 Å². The number of nitrogens with two attached hydrogens (primary N) is 1. The maximum atomic E-state index is 12.9. The number of anilines is 1. The number of nitrogens with one attached hydrogen (secondary N) is 2. The van der Waals surface area contributed by atoms with E-state index in [0.717, 1.165) is 42.5 Å². The van der Waals surface area contributed by atoms with Gasteiger partial charge in [0.1, 0.15) is 6.04 Å². The topological polar surface area (TPSA) is 84.2 Å². The standard InChI is InChI=1S/C23H29N3O2/c1-2-7-21(25-22(27)14-16-8-4-3-5-9-16)23(28)26-20-11-6-10-17-15-18(24)12-13-19(17)20/h3-5,8-9,12-13,15,20-21H,2,6-7,10-11,14,24H2,1H3,(H,25,27)(H,26,28). The molecule has 2 aromatic rings. The predicted molar refractivity (Wildman–Crippen MR) is 112 cm³/mol. The molecular formula is C23H29N3O2. The molecule has 0 fully saturated rings. The molecule has 0 aliphatic heterocycles. The number of rotatable bonds is 7. The van der Waals surface area contributed by atoms with E-state index in [4.69, 9.17) is 5.73 Å². The number of amides is 2. The van der Waals surface area contributed by atoms with Crippen LogP contribution in [0.15, 0.2) is 48.5 Å². The molecule has 2 atom stereocenters. The Morgan fingerprint density at radius 2 is 1.96 bits per heavy atom. The summed E-state index contributed by atoms with van der Waals surface area (Å²) in [7, 11) is 0. The van der Waals surface area contributed by atoms with Gasteiger partial charge in [-0.2, -0.15) is 0 Å². The summed E-state index contributed by atoms with van der Waals surface area (Å²) in [6.07, 6.45) is 4.62. The predicted octanol–water partition coefficient (Wildman–Crippen LogP) is 3.29. The molecule has 3 rings (SSSR count). The van der Waals surface area contributed by atoms with Crippen LogP contribution in [0.4, 0.5) is 5.69 Å². The van der Waals surface area contributed by atoms with E-state index in [1.807, 2.05) is 55.5 Å². The Labute approximate surface area is 166 Å². The number of nitrogen functional groups attached to an aromatic ring is 1. The van der Waals surface area contributed by atoms with E-state index >= 15 is 0 Å². The summed E-state index contributed by atoms with van der Waals surface area (Å²) in [5.74, 6) is -0.241. The molecule has 0 saturated heterocycles. The number of carbonyl (C=O) groups is 2. The van der Waals surface area contributed by atoms with Gasteiger partial charge in [-0.1, -0.05) is 49.7 Å². The van der Waals surface area contributed by atoms with E-state index in [0.29, 0.717) is 6.42 Å². The molecular weight excluding hydrogens is 350 g/mol. The molecule has 0 spiro atoms. The van der Waals surface area contributed by atoms with E-state index in [1.54, 1.807) is 0 Å². The highest BCUT2D eigenvalue weighted by molar-refractivity contribution is 5.88. The lowest BCUT2D eigenvalue weighted by atomic mass is 9.87. The lowest BCUT2D eigenvalue weighted by Crippen LogP contribution is -2.48. The van der Waals surface area contributed by atoms with Gasteiger partial charge in [-0.3, -0.25) is 9.59 Å². The molecule has 2 aromatic carbocycles. The number of hydrogen-bond donors (Lipinski definition) is 3. The monoisotopic (exact) mass is 379 g/mol. The van der Waals surface area contributed by atoms with Gasteiger partial charge >= 0.3 is 0 Å². The highest BCUT2D eigenvalue weighted by Gasteiger charge is 2.26. The second kappa shape index (κ2) is 9.40. The fourth-order valence-electron chi connectivity index (χ4n) is 3.84. The molecule has 4 N–H and O–H groups in total. The first-order valence-electron chi connectivity index (χ1n) is 10.1. The summed E-state index contributed by atoms with van der Waals surface area (Å²) in [6.45, 7) is 2.02. The molecule has 5 nitrogen and oxygen atoms in total. The van der Waals surface area contributed by atoms with Crippen molar-refractivity contribution in [1.82, 2.24) is 10.6 Å². The molecule has 148 valence electrons. The highest BCUT2D eigenvalue weighted by atomic mass is 16.2. The molecule has 1 aliphatic carbocycles. The van der Waals surface area contributed by atoms with Gasteiger partial charge in [0.05, 0.1) is 12.5 Å². The Kier molecular flexibility index (Phi) is 6.69. The molecule has 5 heteroatoms. The smallest absolute Gasteiger partial charge is 0.243 e. The van der Waals surface area contributed by atoms with Crippen LogP contribution in [0.2, 0.25) is 0 Å². The van der Waals surface area contributed by atoms with E-state index in [1.165, 1.54) is 5.56 Å². The maximum absolute atomic E-state index is 12.9. The van der Waals surface area contributed by atoms with Gasteiger partial charge in [0.2, 0.25) is 11.8 Å². The van der Waals surface area contributed by atoms with Crippen LogP contribution in [0.3, 0.4) is 0 Å². The van der Waals surface area contributed by atoms with Gasteiger partial charge in [-0.25, -0.2) is 0 Å². The molecule has 0 saturated carbocycles. The van der Waals surface area contributed by atoms with Crippen LogP contribution in [0.5, 0.6) is 0 Å². The van der Waals surface area contributed by atoms with Crippen LogP contribution in [-0.4, -0.2) is 17.9 Å². The van der Waals surface area contributed by atoms with Gasteiger partial charge in [0.25, 0.3) is 0 Å². The van der Waals surface area contributed by atoms with Crippen LogP contribution in [0.1, 0.15) is 55.3 Å². The van der Waals surface area contributed by atoms with Crippen molar-refractivity contribution in [1.29, 1.82) is 0 Å². The third kappa shape index (κ3) is 5.12. The molecule has 0 aromatic heterocycles. The number of fused-ring (bicyclic) bond motifs is 1. The third-order valence-electron chi connectivity index (χ3n) is 5.23. The number of benzene rings is 2. The Hall–Kier alpha value is -2.82. The second-order valence-electron chi connectivity index (χ2n) is 7.48. The molecule has 2 unspecified atom stereocenters. The summed E-state index contributed by atoms with van der Waals surface area (Å²) >= 11 is 0. The zero-order valence-electron chi connectivity index (χ0n) is 16.4. The first kappa shape index (κ1) is 19.9. The number of aryl methyl sites for hydroxylation is 1. The summed E-state index contributed by atoms with van der Waals surface area (Å²) in [4.78, 5) is 25.3. The normalized spacial score (nSPS) is 16.7. The molecule has 28 heavy (non-hydrogen) atoms. The Morgan fingerprint density at radius 3 is 2.71 bits per heavy atom. The van der Waals surface area contributed by atoms with Crippen molar-refractivity contribution in [2.45, 2.75) is 57.5 Å². The minimum Gasteiger partial charge on any atom is -0.399 e. The van der Waals surface area contributed by atoms with Crippen molar-refractivity contribution in [3.63, 3.8) is 0 Å². The summed E-state index contributed by atoms with van der Waals surface area (Å²) in [6, 6.07) is 14.9. The van der Waals surface area contributed by atoms with Crippen molar-refractivity contribution >= 4 is 17.5 Å². The number of carbonyl (C=O) groups excluding carboxylic acids is 2. The van der Waals surface area contributed by atoms with Crippen LogP contribution in [-0.2, 0) is 22.4 Å². The van der Waals surface area contributed by atoms with E-state index in [2.05, 4.69) is 10.6 Å². The minimum absolute atomic E-state index is 0.0257. The quantitative estimate of drug-likeness (QED) is 0.646. The van der Waals surface area contributed by atoms with Crippen molar-refractivity contribution < 1.29 is 9.59 Å².